The molecule has 0 aliphatic heterocycles. The maximum Gasteiger partial charge on any atom is 0.259 e. The van der Waals surface area contributed by atoms with Gasteiger partial charge in [-0.3, -0.25) is 15.1 Å². The van der Waals surface area contributed by atoms with Crippen molar-refractivity contribution in [1.29, 1.82) is 0 Å². The zero-order valence-electron chi connectivity index (χ0n) is 15.2. The number of hydrogen-bond donors (Lipinski definition) is 1. The van der Waals surface area contributed by atoms with E-state index >= 15 is 0 Å². The number of thiazole rings is 1. The summed E-state index contributed by atoms with van der Waals surface area (Å²) in [6.07, 6.45) is 1.71. The Labute approximate surface area is 170 Å². The lowest BCUT2D eigenvalue weighted by atomic mass is 10.2. The first-order valence-electron chi connectivity index (χ1n) is 8.53. The highest BCUT2D eigenvalue weighted by Crippen LogP contribution is 2.26. The van der Waals surface area contributed by atoms with Crippen molar-refractivity contribution in [2.45, 2.75) is 13.8 Å². The van der Waals surface area contributed by atoms with E-state index in [4.69, 9.17) is 11.6 Å². The Balaban J connectivity index is 1.59. The molecule has 0 unspecified atom stereocenters. The minimum Gasteiger partial charge on any atom is -0.298 e. The molecule has 0 saturated carbocycles. The molecule has 8 heteroatoms. The molecule has 4 rings (SSSR count). The Hall–Kier alpha value is -3.03. The topological polar surface area (TPSA) is 72.7 Å². The summed E-state index contributed by atoms with van der Waals surface area (Å²) in [4.78, 5) is 21.5. The second-order valence-corrected chi connectivity index (χ2v) is 7.48. The van der Waals surface area contributed by atoms with Gasteiger partial charge in [0, 0.05) is 17.3 Å². The lowest BCUT2D eigenvalue weighted by Gasteiger charge is -2.09. The third-order valence-corrected chi connectivity index (χ3v) is 5.19. The molecular weight excluding hydrogens is 394 g/mol. The first-order chi connectivity index (χ1) is 13.5. The quantitative estimate of drug-likeness (QED) is 0.519. The third-order valence-electron chi connectivity index (χ3n) is 4.10. The fraction of sp³-hybridized carbons (Fsp3) is 0.100. The molecule has 0 radical (unpaired) electrons. The van der Waals surface area contributed by atoms with Gasteiger partial charge in [-0.1, -0.05) is 17.7 Å². The van der Waals surface area contributed by atoms with Crippen LogP contribution in [-0.4, -0.2) is 25.7 Å². The van der Waals surface area contributed by atoms with Crippen molar-refractivity contribution < 1.29 is 4.79 Å². The van der Waals surface area contributed by atoms with Crippen molar-refractivity contribution in [3.8, 4) is 17.1 Å². The van der Waals surface area contributed by atoms with Gasteiger partial charge in [0.05, 0.1) is 27.7 Å². The summed E-state index contributed by atoms with van der Waals surface area (Å²) < 4.78 is 1.78. The third kappa shape index (κ3) is 3.67. The SMILES string of the molecule is Cc1cc(C)n(-c2ccc(Cl)c(C(=O)Nc3nc(-c4ccccn4)cs3)c2)n1. The number of nitrogens with one attached hydrogen (secondary N) is 1. The van der Waals surface area contributed by atoms with Crippen LogP contribution in [0.2, 0.25) is 5.02 Å². The van der Waals surface area contributed by atoms with Crippen molar-refractivity contribution >= 4 is 34.0 Å². The largest absolute Gasteiger partial charge is 0.298 e. The van der Waals surface area contributed by atoms with Crippen molar-refractivity contribution in [2.24, 2.45) is 0 Å². The van der Waals surface area contributed by atoms with E-state index < -0.39 is 0 Å². The molecule has 0 atom stereocenters. The predicted octanol–water partition coefficient (Wildman–Crippen LogP) is 4.91. The number of aryl methyl sites for hydroxylation is 2. The van der Waals surface area contributed by atoms with Crippen molar-refractivity contribution in [2.75, 3.05) is 5.32 Å². The van der Waals surface area contributed by atoms with Gasteiger partial charge in [-0.25, -0.2) is 9.67 Å². The van der Waals surface area contributed by atoms with Crippen LogP contribution < -0.4 is 5.32 Å². The second-order valence-electron chi connectivity index (χ2n) is 6.21. The maximum absolute atomic E-state index is 12.8. The highest BCUT2D eigenvalue weighted by atomic mass is 35.5. The highest BCUT2D eigenvalue weighted by molar-refractivity contribution is 7.14. The van der Waals surface area contributed by atoms with Gasteiger partial charge in [-0.15, -0.1) is 11.3 Å². The molecular formula is C20H16ClN5OS. The smallest absolute Gasteiger partial charge is 0.259 e. The van der Waals surface area contributed by atoms with Gasteiger partial charge in [0.15, 0.2) is 5.13 Å². The van der Waals surface area contributed by atoms with E-state index in [0.29, 0.717) is 21.4 Å². The van der Waals surface area contributed by atoms with Crippen LogP contribution in [0.5, 0.6) is 0 Å². The van der Waals surface area contributed by atoms with E-state index in [1.165, 1.54) is 11.3 Å². The van der Waals surface area contributed by atoms with E-state index in [0.717, 1.165) is 22.8 Å². The molecule has 28 heavy (non-hydrogen) atoms. The lowest BCUT2D eigenvalue weighted by molar-refractivity contribution is 0.102. The molecule has 140 valence electrons. The van der Waals surface area contributed by atoms with Gasteiger partial charge >= 0.3 is 0 Å². The zero-order valence-corrected chi connectivity index (χ0v) is 16.8. The summed E-state index contributed by atoms with van der Waals surface area (Å²) in [6, 6.07) is 12.8. The molecule has 0 fully saturated rings. The monoisotopic (exact) mass is 409 g/mol. The predicted molar refractivity (Wildman–Crippen MR) is 111 cm³/mol. The Kier molecular flexibility index (Phi) is 4.93. The van der Waals surface area contributed by atoms with Crippen LogP contribution in [0.25, 0.3) is 17.1 Å². The van der Waals surface area contributed by atoms with Crippen molar-refractivity contribution in [3.05, 3.63) is 76.0 Å². The van der Waals surface area contributed by atoms with Crippen LogP contribution in [0.1, 0.15) is 21.7 Å². The number of hydrogen-bond acceptors (Lipinski definition) is 5. The average Bonchev–Trinajstić information content (AvgIpc) is 3.29. The minimum atomic E-state index is -0.324. The Morgan fingerprint density at radius 3 is 2.71 bits per heavy atom. The van der Waals surface area contributed by atoms with Crippen LogP contribution >= 0.6 is 22.9 Å². The number of halogens is 1. The van der Waals surface area contributed by atoms with Gasteiger partial charge in [-0.05, 0) is 50.2 Å². The lowest BCUT2D eigenvalue weighted by Crippen LogP contribution is -2.13. The Morgan fingerprint density at radius 1 is 1.14 bits per heavy atom. The summed E-state index contributed by atoms with van der Waals surface area (Å²) in [5.74, 6) is -0.324. The fourth-order valence-electron chi connectivity index (χ4n) is 2.84. The van der Waals surface area contributed by atoms with E-state index in [1.807, 2.05) is 49.6 Å². The molecule has 6 nitrogen and oxygen atoms in total. The number of benzene rings is 1. The summed E-state index contributed by atoms with van der Waals surface area (Å²) >= 11 is 7.61. The van der Waals surface area contributed by atoms with E-state index in [-0.39, 0.29) is 5.91 Å². The molecule has 3 aromatic heterocycles. The van der Waals surface area contributed by atoms with Crippen LogP contribution in [0.3, 0.4) is 0 Å². The summed E-state index contributed by atoms with van der Waals surface area (Å²) in [5, 5.41) is 9.97. The fourth-order valence-corrected chi connectivity index (χ4v) is 3.74. The molecule has 0 aliphatic rings. The first-order valence-corrected chi connectivity index (χ1v) is 9.78. The number of anilines is 1. The van der Waals surface area contributed by atoms with Crippen LogP contribution in [0.15, 0.2) is 54.0 Å². The van der Waals surface area contributed by atoms with E-state index in [2.05, 4.69) is 20.4 Å². The number of pyridine rings is 1. The minimum absolute atomic E-state index is 0.324. The first kappa shape index (κ1) is 18.3. The van der Waals surface area contributed by atoms with Gasteiger partial charge in [-0.2, -0.15) is 5.10 Å². The molecule has 4 aromatic rings. The Bertz CT molecular complexity index is 1150. The number of carbonyl (C=O) groups is 1. The molecule has 0 bridgehead atoms. The van der Waals surface area contributed by atoms with Crippen molar-refractivity contribution in [3.63, 3.8) is 0 Å². The molecule has 0 saturated heterocycles. The average molecular weight is 410 g/mol. The normalized spacial score (nSPS) is 10.8. The van der Waals surface area contributed by atoms with Crippen LogP contribution in [-0.2, 0) is 0 Å². The van der Waals surface area contributed by atoms with Crippen molar-refractivity contribution in [1.82, 2.24) is 19.7 Å². The Morgan fingerprint density at radius 2 is 2.00 bits per heavy atom. The molecule has 1 amide bonds. The van der Waals surface area contributed by atoms with Crippen LogP contribution in [0, 0.1) is 13.8 Å². The van der Waals surface area contributed by atoms with Gasteiger partial charge in [0.1, 0.15) is 5.69 Å². The summed E-state index contributed by atoms with van der Waals surface area (Å²) in [5.41, 5.74) is 4.48. The number of rotatable bonds is 4. The maximum atomic E-state index is 12.8. The van der Waals surface area contributed by atoms with Gasteiger partial charge in [0.25, 0.3) is 5.91 Å². The summed E-state index contributed by atoms with van der Waals surface area (Å²) in [7, 11) is 0. The van der Waals surface area contributed by atoms with Gasteiger partial charge in [0.2, 0.25) is 0 Å². The molecule has 1 N–H and O–H groups in total. The molecule has 0 spiro atoms. The zero-order chi connectivity index (χ0) is 19.7. The molecule has 0 aliphatic carbocycles. The number of aromatic nitrogens is 4. The summed E-state index contributed by atoms with van der Waals surface area (Å²) in [6.45, 7) is 3.89. The number of amides is 1. The van der Waals surface area contributed by atoms with Gasteiger partial charge < -0.3 is 0 Å². The standard InChI is InChI=1S/C20H16ClN5OS/c1-12-9-13(2)26(25-12)14-6-7-16(21)15(10-14)19(27)24-20-23-18(11-28-20)17-5-3-4-8-22-17/h3-11H,1-2H3,(H,23,24,27). The molecule has 1 aromatic carbocycles. The molecule has 3 heterocycles. The number of nitrogens with zero attached hydrogens (tertiary/aromatic N) is 4. The second kappa shape index (κ2) is 7.53. The van der Waals surface area contributed by atoms with E-state index in [9.17, 15) is 4.79 Å². The number of carbonyl (C=O) groups excluding carboxylic acids is 1. The van der Waals surface area contributed by atoms with Crippen LogP contribution in [0.4, 0.5) is 5.13 Å². The highest BCUT2D eigenvalue weighted by Gasteiger charge is 2.15. The van der Waals surface area contributed by atoms with E-state index in [1.54, 1.807) is 23.0 Å².